The molecule has 1 fully saturated rings. The molecule has 0 spiro atoms. The van der Waals surface area contributed by atoms with E-state index in [2.05, 4.69) is 15.3 Å². The molecule has 1 aromatic heterocycles. The lowest BCUT2D eigenvalue weighted by atomic mass is 10.1. The summed E-state index contributed by atoms with van der Waals surface area (Å²) in [5, 5.41) is 3.24. The minimum Gasteiger partial charge on any atom is -0.348 e. The lowest BCUT2D eigenvalue weighted by molar-refractivity contribution is 0.555. The SMILES string of the molecule is NCc1csc(N2CCCCCCC2)n1. The smallest absolute Gasteiger partial charge is 0.185 e. The van der Waals surface area contributed by atoms with Gasteiger partial charge >= 0.3 is 0 Å². The molecule has 2 heterocycles. The maximum atomic E-state index is 5.57. The molecule has 0 aromatic carbocycles. The van der Waals surface area contributed by atoms with Crippen molar-refractivity contribution in [1.29, 1.82) is 0 Å². The quantitative estimate of drug-likeness (QED) is 0.840. The van der Waals surface area contributed by atoms with Crippen LogP contribution in [0.2, 0.25) is 0 Å². The summed E-state index contributed by atoms with van der Waals surface area (Å²) < 4.78 is 0. The zero-order valence-corrected chi connectivity index (χ0v) is 9.93. The topological polar surface area (TPSA) is 42.1 Å². The van der Waals surface area contributed by atoms with Crippen LogP contribution in [0.15, 0.2) is 5.38 Å². The molecule has 84 valence electrons. The molecule has 1 saturated heterocycles. The number of hydrogen-bond acceptors (Lipinski definition) is 4. The normalized spacial score (nSPS) is 18.6. The summed E-state index contributed by atoms with van der Waals surface area (Å²) in [7, 11) is 0. The summed E-state index contributed by atoms with van der Waals surface area (Å²) in [5.41, 5.74) is 6.60. The van der Waals surface area contributed by atoms with Crippen molar-refractivity contribution < 1.29 is 0 Å². The van der Waals surface area contributed by atoms with E-state index in [9.17, 15) is 0 Å². The first-order valence-corrected chi connectivity index (χ1v) is 6.67. The molecule has 2 N–H and O–H groups in total. The lowest BCUT2D eigenvalue weighted by Gasteiger charge is -2.23. The fraction of sp³-hybridized carbons (Fsp3) is 0.727. The molecule has 1 aliphatic heterocycles. The first kappa shape index (κ1) is 10.9. The Morgan fingerprint density at radius 1 is 1.20 bits per heavy atom. The first-order valence-electron chi connectivity index (χ1n) is 5.79. The van der Waals surface area contributed by atoms with Gasteiger partial charge in [0.15, 0.2) is 5.13 Å². The summed E-state index contributed by atoms with van der Waals surface area (Å²) in [6.07, 6.45) is 6.74. The molecule has 0 radical (unpaired) electrons. The second kappa shape index (κ2) is 5.47. The van der Waals surface area contributed by atoms with Crippen molar-refractivity contribution in [2.24, 2.45) is 5.73 Å². The fourth-order valence-corrected chi connectivity index (χ4v) is 2.87. The van der Waals surface area contributed by atoms with E-state index >= 15 is 0 Å². The highest BCUT2D eigenvalue weighted by Gasteiger charge is 2.12. The number of nitrogens with two attached hydrogens (primary N) is 1. The van der Waals surface area contributed by atoms with Gasteiger partial charge in [-0.05, 0) is 12.8 Å². The van der Waals surface area contributed by atoms with Crippen molar-refractivity contribution in [3.05, 3.63) is 11.1 Å². The third-order valence-corrected chi connectivity index (χ3v) is 3.83. The molecule has 0 aliphatic carbocycles. The van der Waals surface area contributed by atoms with Crippen LogP contribution in [0.4, 0.5) is 5.13 Å². The molecule has 0 unspecified atom stereocenters. The zero-order chi connectivity index (χ0) is 10.5. The van der Waals surface area contributed by atoms with Crippen LogP contribution in [-0.2, 0) is 6.54 Å². The molecule has 0 amide bonds. The van der Waals surface area contributed by atoms with E-state index in [0.717, 1.165) is 23.9 Å². The van der Waals surface area contributed by atoms with E-state index in [0.29, 0.717) is 6.54 Å². The van der Waals surface area contributed by atoms with Gasteiger partial charge in [-0.1, -0.05) is 19.3 Å². The average molecular weight is 225 g/mol. The Morgan fingerprint density at radius 2 is 1.87 bits per heavy atom. The molecule has 4 heteroatoms. The fourth-order valence-electron chi connectivity index (χ4n) is 1.97. The summed E-state index contributed by atoms with van der Waals surface area (Å²) in [4.78, 5) is 6.96. The van der Waals surface area contributed by atoms with Crippen LogP contribution in [0.3, 0.4) is 0 Å². The Kier molecular flexibility index (Phi) is 3.97. The van der Waals surface area contributed by atoms with Crippen molar-refractivity contribution in [2.45, 2.75) is 38.6 Å². The molecule has 0 atom stereocenters. The Morgan fingerprint density at radius 3 is 2.47 bits per heavy atom. The summed E-state index contributed by atoms with van der Waals surface area (Å²) >= 11 is 1.73. The summed E-state index contributed by atoms with van der Waals surface area (Å²) in [6, 6.07) is 0. The number of aromatic nitrogens is 1. The van der Waals surface area contributed by atoms with Crippen LogP contribution in [0.1, 0.15) is 37.8 Å². The predicted molar refractivity (Wildman–Crippen MR) is 65.3 cm³/mol. The van der Waals surface area contributed by atoms with Gasteiger partial charge in [-0.2, -0.15) is 0 Å². The largest absolute Gasteiger partial charge is 0.348 e. The van der Waals surface area contributed by atoms with Gasteiger partial charge in [0.2, 0.25) is 0 Å². The number of nitrogens with zero attached hydrogens (tertiary/aromatic N) is 2. The Balaban J connectivity index is 2.00. The Labute approximate surface area is 95.3 Å². The van der Waals surface area contributed by atoms with E-state index in [1.165, 1.54) is 32.1 Å². The molecule has 15 heavy (non-hydrogen) atoms. The van der Waals surface area contributed by atoms with Crippen LogP contribution in [0.25, 0.3) is 0 Å². The summed E-state index contributed by atoms with van der Waals surface area (Å²) in [5.74, 6) is 0. The number of thiazole rings is 1. The Bertz CT molecular complexity index is 290. The van der Waals surface area contributed by atoms with Crippen molar-refractivity contribution in [2.75, 3.05) is 18.0 Å². The van der Waals surface area contributed by atoms with Crippen LogP contribution in [-0.4, -0.2) is 18.1 Å². The number of anilines is 1. The van der Waals surface area contributed by atoms with Crippen molar-refractivity contribution in [3.8, 4) is 0 Å². The Hall–Kier alpha value is -0.610. The average Bonchev–Trinajstić information content (AvgIpc) is 2.65. The van der Waals surface area contributed by atoms with Gasteiger partial charge in [0.1, 0.15) is 0 Å². The van der Waals surface area contributed by atoms with Crippen LogP contribution in [0.5, 0.6) is 0 Å². The molecule has 1 aliphatic rings. The van der Waals surface area contributed by atoms with Gasteiger partial charge in [0.25, 0.3) is 0 Å². The van der Waals surface area contributed by atoms with E-state index < -0.39 is 0 Å². The van der Waals surface area contributed by atoms with E-state index in [1.54, 1.807) is 11.3 Å². The highest BCUT2D eigenvalue weighted by Crippen LogP contribution is 2.23. The highest BCUT2D eigenvalue weighted by molar-refractivity contribution is 7.13. The van der Waals surface area contributed by atoms with Crippen molar-refractivity contribution in [1.82, 2.24) is 4.98 Å². The van der Waals surface area contributed by atoms with Gasteiger partial charge in [-0.15, -0.1) is 11.3 Å². The second-order valence-electron chi connectivity index (χ2n) is 4.08. The predicted octanol–water partition coefficient (Wildman–Crippen LogP) is 2.37. The standard InChI is InChI=1S/C11H19N3S/c12-8-10-9-15-11(13-10)14-6-4-2-1-3-5-7-14/h9H,1-8,12H2. The minimum atomic E-state index is 0.560. The maximum Gasteiger partial charge on any atom is 0.185 e. The first-order chi connectivity index (χ1) is 7.40. The molecule has 1 aromatic rings. The highest BCUT2D eigenvalue weighted by atomic mass is 32.1. The van der Waals surface area contributed by atoms with Crippen LogP contribution in [0, 0.1) is 0 Å². The van der Waals surface area contributed by atoms with Crippen LogP contribution >= 0.6 is 11.3 Å². The monoisotopic (exact) mass is 225 g/mol. The zero-order valence-electron chi connectivity index (χ0n) is 9.11. The summed E-state index contributed by atoms with van der Waals surface area (Å²) in [6.45, 7) is 2.89. The third kappa shape index (κ3) is 2.92. The van der Waals surface area contributed by atoms with Gasteiger partial charge in [0.05, 0.1) is 5.69 Å². The molecule has 2 rings (SSSR count). The van der Waals surface area contributed by atoms with Crippen LogP contribution < -0.4 is 10.6 Å². The number of rotatable bonds is 2. The van der Waals surface area contributed by atoms with Gasteiger partial charge in [-0.3, -0.25) is 0 Å². The molecular formula is C11H19N3S. The van der Waals surface area contributed by atoms with Crippen molar-refractivity contribution >= 4 is 16.5 Å². The van der Waals surface area contributed by atoms with Gasteiger partial charge in [0, 0.05) is 25.0 Å². The molecule has 0 saturated carbocycles. The maximum absolute atomic E-state index is 5.57. The van der Waals surface area contributed by atoms with Gasteiger partial charge in [-0.25, -0.2) is 4.98 Å². The molecule has 0 bridgehead atoms. The van der Waals surface area contributed by atoms with E-state index in [1.807, 2.05) is 0 Å². The third-order valence-electron chi connectivity index (χ3n) is 2.88. The van der Waals surface area contributed by atoms with E-state index in [-0.39, 0.29) is 0 Å². The number of hydrogen-bond donors (Lipinski definition) is 1. The lowest BCUT2D eigenvalue weighted by Crippen LogP contribution is -2.26. The van der Waals surface area contributed by atoms with Crippen molar-refractivity contribution in [3.63, 3.8) is 0 Å². The minimum absolute atomic E-state index is 0.560. The molecular weight excluding hydrogens is 206 g/mol. The van der Waals surface area contributed by atoms with Gasteiger partial charge < -0.3 is 10.6 Å². The van der Waals surface area contributed by atoms with E-state index in [4.69, 9.17) is 5.73 Å². The second-order valence-corrected chi connectivity index (χ2v) is 4.92. The molecule has 3 nitrogen and oxygen atoms in total.